The Morgan fingerprint density at radius 2 is 1.94 bits per heavy atom. The van der Waals surface area contributed by atoms with Crippen molar-refractivity contribution in [2.75, 3.05) is 27.5 Å². The number of ether oxygens (including phenoxy) is 4. The molecule has 0 amide bonds. The molecule has 2 heterocycles. The van der Waals surface area contributed by atoms with E-state index in [1.165, 1.54) is 0 Å². The van der Waals surface area contributed by atoms with Gasteiger partial charge in [-0.05, 0) is 48.4 Å². The van der Waals surface area contributed by atoms with E-state index in [1.807, 2.05) is 42.5 Å². The Balaban J connectivity index is 1.38. The first-order chi connectivity index (χ1) is 16.6. The highest BCUT2D eigenvalue weighted by molar-refractivity contribution is 6.31. The van der Waals surface area contributed by atoms with E-state index in [0.29, 0.717) is 36.1 Å². The summed E-state index contributed by atoms with van der Waals surface area (Å²) in [5, 5.41) is 0.763. The molecule has 0 atom stereocenters. The summed E-state index contributed by atoms with van der Waals surface area (Å²) in [6, 6.07) is 16.9. The normalized spacial score (nSPS) is 16.0. The Morgan fingerprint density at radius 3 is 2.74 bits per heavy atom. The van der Waals surface area contributed by atoms with Crippen LogP contribution in [0.25, 0.3) is 6.08 Å². The number of benzene rings is 3. The molecular formula is C27H24ClNO5. The molecule has 0 fully saturated rings. The minimum Gasteiger partial charge on any atom is -0.497 e. The van der Waals surface area contributed by atoms with Crippen LogP contribution in [-0.4, -0.2) is 38.2 Å². The van der Waals surface area contributed by atoms with Crippen molar-refractivity contribution in [3.63, 3.8) is 0 Å². The van der Waals surface area contributed by atoms with Crippen LogP contribution in [0.4, 0.5) is 0 Å². The molecule has 174 valence electrons. The summed E-state index contributed by atoms with van der Waals surface area (Å²) in [5.41, 5.74) is 3.24. The Hall–Kier alpha value is -3.48. The molecule has 0 aromatic heterocycles. The molecular weight excluding hydrogens is 454 g/mol. The van der Waals surface area contributed by atoms with Gasteiger partial charge in [-0.3, -0.25) is 9.69 Å². The van der Waals surface area contributed by atoms with Gasteiger partial charge < -0.3 is 18.9 Å². The van der Waals surface area contributed by atoms with Crippen molar-refractivity contribution >= 4 is 23.5 Å². The summed E-state index contributed by atoms with van der Waals surface area (Å²) in [4.78, 5) is 15.3. The number of rotatable bonds is 6. The first kappa shape index (κ1) is 22.3. The maximum Gasteiger partial charge on any atom is 0.231 e. The molecule has 5 rings (SSSR count). The lowest BCUT2D eigenvalue weighted by atomic mass is 10.0. The number of carbonyl (C=O) groups excluding carboxylic acids is 1. The quantitative estimate of drug-likeness (QED) is 0.445. The van der Waals surface area contributed by atoms with Crippen LogP contribution in [0.1, 0.15) is 27.0 Å². The van der Waals surface area contributed by atoms with Crippen molar-refractivity contribution in [3.8, 4) is 23.0 Å². The summed E-state index contributed by atoms with van der Waals surface area (Å²) in [7, 11) is 3.17. The van der Waals surface area contributed by atoms with Gasteiger partial charge in [0.05, 0.1) is 25.3 Å². The van der Waals surface area contributed by atoms with Gasteiger partial charge in [0.2, 0.25) is 5.78 Å². The van der Waals surface area contributed by atoms with E-state index in [9.17, 15) is 4.79 Å². The van der Waals surface area contributed by atoms with E-state index >= 15 is 0 Å². The Labute approximate surface area is 203 Å². The molecule has 0 saturated carbocycles. The van der Waals surface area contributed by atoms with Crippen molar-refractivity contribution in [1.82, 2.24) is 4.90 Å². The highest BCUT2D eigenvalue weighted by Crippen LogP contribution is 2.42. The van der Waals surface area contributed by atoms with Gasteiger partial charge >= 0.3 is 0 Å². The van der Waals surface area contributed by atoms with E-state index in [4.69, 9.17) is 30.5 Å². The van der Waals surface area contributed by atoms with Crippen LogP contribution in [0.2, 0.25) is 5.02 Å². The Bertz CT molecular complexity index is 1290. The smallest absolute Gasteiger partial charge is 0.231 e. The number of halogens is 1. The summed E-state index contributed by atoms with van der Waals surface area (Å²) < 4.78 is 22.8. The number of allylic oxidation sites excluding steroid dienone is 1. The molecule has 0 aliphatic carbocycles. The predicted octanol–water partition coefficient (Wildman–Crippen LogP) is 5.37. The number of carbonyl (C=O) groups is 1. The summed E-state index contributed by atoms with van der Waals surface area (Å²) >= 11 is 6.31. The van der Waals surface area contributed by atoms with Crippen LogP contribution in [0.5, 0.6) is 23.0 Å². The van der Waals surface area contributed by atoms with Crippen LogP contribution in [-0.2, 0) is 13.0 Å². The number of hydrogen-bond acceptors (Lipinski definition) is 6. The van der Waals surface area contributed by atoms with E-state index < -0.39 is 0 Å². The van der Waals surface area contributed by atoms with Crippen molar-refractivity contribution in [1.29, 1.82) is 0 Å². The molecule has 7 heteroatoms. The molecule has 0 radical (unpaired) electrons. The third-order valence-electron chi connectivity index (χ3n) is 6.06. The van der Waals surface area contributed by atoms with Crippen molar-refractivity contribution < 1.29 is 23.7 Å². The first-order valence-corrected chi connectivity index (χ1v) is 11.4. The monoisotopic (exact) mass is 477 g/mol. The lowest BCUT2D eigenvalue weighted by molar-refractivity contribution is 0.0950. The van der Waals surface area contributed by atoms with Gasteiger partial charge in [-0.25, -0.2) is 0 Å². The van der Waals surface area contributed by atoms with Crippen LogP contribution in [0.3, 0.4) is 0 Å². The van der Waals surface area contributed by atoms with Gasteiger partial charge in [0.15, 0.2) is 5.76 Å². The minimum atomic E-state index is -0.163. The van der Waals surface area contributed by atoms with Crippen LogP contribution in [0, 0.1) is 0 Å². The van der Waals surface area contributed by atoms with E-state index in [-0.39, 0.29) is 11.5 Å². The van der Waals surface area contributed by atoms with Crippen molar-refractivity contribution in [3.05, 3.63) is 87.6 Å². The molecule has 0 N–H and O–H groups in total. The van der Waals surface area contributed by atoms with Gasteiger partial charge in [-0.15, -0.1) is 0 Å². The molecule has 0 saturated heterocycles. The molecule has 0 spiro atoms. The lowest BCUT2D eigenvalue weighted by Gasteiger charge is -2.29. The number of hydrogen-bond donors (Lipinski definition) is 0. The zero-order chi connectivity index (χ0) is 23.7. The SMILES string of the molecule is COc1ccc(/C=C2\Oc3c(ccc4c3CN(CCc3ccccc3Cl)CO4)C2=O)c(OC)c1. The Morgan fingerprint density at radius 1 is 1.09 bits per heavy atom. The zero-order valence-corrected chi connectivity index (χ0v) is 19.7. The largest absolute Gasteiger partial charge is 0.497 e. The minimum absolute atomic E-state index is 0.163. The van der Waals surface area contributed by atoms with Crippen molar-refractivity contribution in [2.45, 2.75) is 13.0 Å². The number of fused-ring (bicyclic) bond motifs is 3. The molecule has 6 nitrogen and oxygen atoms in total. The highest BCUT2D eigenvalue weighted by Gasteiger charge is 2.33. The van der Waals surface area contributed by atoms with E-state index in [1.54, 1.807) is 32.4 Å². The lowest BCUT2D eigenvalue weighted by Crippen LogP contribution is -2.33. The first-order valence-electron chi connectivity index (χ1n) is 11.0. The second-order valence-corrected chi connectivity index (χ2v) is 8.54. The topological polar surface area (TPSA) is 57.2 Å². The van der Waals surface area contributed by atoms with Gasteiger partial charge in [0.1, 0.15) is 29.7 Å². The summed E-state index contributed by atoms with van der Waals surface area (Å²) in [6.07, 6.45) is 2.50. The molecule has 3 aromatic rings. The second-order valence-electron chi connectivity index (χ2n) is 8.13. The molecule has 0 unspecified atom stereocenters. The molecule has 2 aliphatic rings. The molecule has 0 bridgehead atoms. The van der Waals surface area contributed by atoms with Crippen LogP contribution in [0.15, 0.2) is 60.4 Å². The Kier molecular flexibility index (Phi) is 6.18. The average Bonchev–Trinajstić information content (AvgIpc) is 3.19. The van der Waals surface area contributed by atoms with Gasteiger partial charge in [0, 0.05) is 29.7 Å². The molecule has 34 heavy (non-hydrogen) atoms. The predicted molar refractivity (Wildman–Crippen MR) is 130 cm³/mol. The van der Waals surface area contributed by atoms with Crippen LogP contribution >= 0.6 is 11.6 Å². The maximum absolute atomic E-state index is 13.1. The second kappa shape index (κ2) is 9.41. The molecule has 2 aliphatic heterocycles. The van der Waals surface area contributed by atoms with E-state index in [0.717, 1.165) is 40.4 Å². The van der Waals surface area contributed by atoms with Gasteiger partial charge in [-0.1, -0.05) is 29.8 Å². The fraction of sp³-hybridized carbons (Fsp3) is 0.222. The number of nitrogens with zero attached hydrogens (tertiary/aromatic N) is 1. The van der Waals surface area contributed by atoms with Crippen molar-refractivity contribution in [2.24, 2.45) is 0 Å². The third-order valence-corrected chi connectivity index (χ3v) is 6.43. The third kappa shape index (κ3) is 4.22. The number of methoxy groups -OCH3 is 2. The fourth-order valence-corrected chi connectivity index (χ4v) is 4.44. The number of Topliss-reactive ketones (excluding diaryl/α,β-unsaturated/α-hetero) is 1. The fourth-order valence-electron chi connectivity index (χ4n) is 4.21. The van der Waals surface area contributed by atoms with Crippen LogP contribution < -0.4 is 18.9 Å². The molecule has 3 aromatic carbocycles. The van der Waals surface area contributed by atoms with Gasteiger partial charge in [0.25, 0.3) is 0 Å². The standard InChI is InChI=1S/C27H24ClNO5/c1-31-19-8-7-18(24(14-19)32-2)13-25-26(30)20-9-10-23-21(27(20)34-25)15-29(16-33-23)12-11-17-5-3-4-6-22(17)28/h3-10,13-14H,11-12,15-16H2,1-2H3/b25-13-. The van der Waals surface area contributed by atoms with Gasteiger partial charge in [-0.2, -0.15) is 0 Å². The zero-order valence-electron chi connectivity index (χ0n) is 19.0. The number of ketones is 1. The maximum atomic E-state index is 13.1. The summed E-state index contributed by atoms with van der Waals surface area (Å²) in [5.74, 6) is 2.65. The summed E-state index contributed by atoms with van der Waals surface area (Å²) in [6.45, 7) is 1.86. The van der Waals surface area contributed by atoms with E-state index in [2.05, 4.69) is 4.90 Å². The highest BCUT2D eigenvalue weighted by atomic mass is 35.5. The average molecular weight is 478 g/mol.